The first kappa shape index (κ1) is 12.5. The molecular weight excluding hydrogens is 184 g/mol. The van der Waals surface area contributed by atoms with Crippen molar-refractivity contribution in [2.45, 2.75) is 33.5 Å². The summed E-state index contributed by atoms with van der Waals surface area (Å²) in [6.45, 7) is 10.5. The van der Waals surface area contributed by atoms with Gasteiger partial charge in [-0.2, -0.15) is 0 Å². The number of hydrogen-bond acceptors (Lipinski definition) is 3. The van der Waals surface area contributed by atoms with Gasteiger partial charge in [-0.1, -0.05) is 0 Å². The van der Waals surface area contributed by atoms with Gasteiger partial charge in [-0.05, 0) is 33.5 Å². The molecule has 0 aromatic heterocycles. The largest absolute Gasteiger partial charge is 0.520 e. The summed E-state index contributed by atoms with van der Waals surface area (Å²) >= 11 is 0. The fourth-order valence-corrected chi connectivity index (χ4v) is 1.49. The maximum Gasteiger partial charge on any atom is 0.265 e. The van der Waals surface area contributed by atoms with Gasteiger partial charge >= 0.3 is 0 Å². The Labute approximate surface area is 81.8 Å². The van der Waals surface area contributed by atoms with Crippen LogP contribution in [0, 0.1) is 0 Å². The fourth-order valence-electron chi connectivity index (χ4n) is 0.666. The van der Waals surface area contributed by atoms with Gasteiger partial charge in [0.25, 0.3) is 5.95 Å². The van der Waals surface area contributed by atoms with E-state index >= 15 is 0 Å². The van der Waals surface area contributed by atoms with Crippen LogP contribution >= 0.6 is 0 Å². The van der Waals surface area contributed by atoms with Crippen LogP contribution < -0.4 is 0 Å². The second-order valence-electron chi connectivity index (χ2n) is 4.05. The third-order valence-electron chi connectivity index (χ3n) is 1.12. The van der Waals surface area contributed by atoms with E-state index in [1.54, 1.807) is 7.11 Å². The van der Waals surface area contributed by atoms with Gasteiger partial charge in [0.2, 0.25) is 8.32 Å². The highest BCUT2D eigenvalue weighted by atomic mass is 28.4. The van der Waals surface area contributed by atoms with E-state index < -0.39 is 8.32 Å². The molecule has 78 valence electrons. The first-order valence-electron chi connectivity index (χ1n) is 4.35. The van der Waals surface area contributed by atoms with Crippen LogP contribution in [-0.4, -0.2) is 22.2 Å². The quantitative estimate of drug-likeness (QED) is 0.391. The highest BCUT2D eigenvalue weighted by Crippen LogP contribution is 2.14. The van der Waals surface area contributed by atoms with Crippen molar-refractivity contribution in [3.63, 3.8) is 0 Å². The second-order valence-corrected chi connectivity index (χ2v) is 8.48. The van der Waals surface area contributed by atoms with E-state index in [9.17, 15) is 0 Å². The first-order chi connectivity index (χ1) is 5.87. The minimum absolute atomic E-state index is 0.241. The van der Waals surface area contributed by atoms with Gasteiger partial charge in [-0.15, -0.1) is 0 Å². The van der Waals surface area contributed by atoms with Gasteiger partial charge in [-0.25, -0.2) is 0 Å². The van der Waals surface area contributed by atoms with Crippen molar-refractivity contribution in [1.29, 1.82) is 0 Å². The van der Waals surface area contributed by atoms with E-state index in [4.69, 9.17) is 13.9 Å². The van der Waals surface area contributed by atoms with E-state index in [1.807, 2.05) is 13.8 Å². The van der Waals surface area contributed by atoms with E-state index in [1.165, 1.54) is 0 Å². The monoisotopic (exact) mass is 204 g/mol. The number of rotatable bonds is 5. The molecule has 0 fully saturated rings. The van der Waals surface area contributed by atoms with Crippen molar-refractivity contribution in [2.75, 3.05) is 13.9 Å². The minimum atomic E-state index is -1.57. The average molecular weight is 204 g/mol. The Kier molecular flexibility index (Phi) is 5.09. The van der Waals surface area contributed by atoms with E-state index in [0.29, 0.717) is 5.95 Å². The molecule has 0 unspecified atom stereocenters. The number of allylic oxidation sites excluding steroid dienone is 1. The molecule has 0 aliphatic carbocycles. The van der Waals surface area contributed by atoms with Crippen LogP contribution in [-0.2, 0) is 13.9 Å². The lowest BCUT2D eigenvalue weighted by atomic mass is 10.4. The van der Waals surface area contributed by atoms with Gasteiger partial charge in [-0.3, -0.25) is 0 Å². The smallest absolute Gasteiger partial charge is 0.265 e. The molecule has 13 heavy (non-hydrogen) atoms. The van der Waals surface area contributed by atoms with Gasteiger partial charge < -0.3 is 13.9 Å². The summed E-state index contributed by atoms with van der Waals surface area (Å²) < 4.78 is 15.8. The van der Waals surface area contributed by atoms with Crippen LogP contribution in [0.25, 0.3) is 0 Å². The van der Waals surface area contributed by atoms with Gasteiger partial charge in [0.1, 0.15) is 0 Å². The lowest BCUT2D eigenvalue weighted by molar-refractivity contribution is -0.0340. The molecule has 0 saturated heterocycles. The zero-order valence-electron chi connectivity index (χ0n) is 9.43. The molecule has 0 aliphatic rings. The molecule has 0 atom stereocenters. The predicted molar refractivity (Wildman–Crippen MR) is 55.8 cm³/mol. The first-order valence-corrected chi connectivity index (χ1v) is 7.76. The lowest BCUT2D eigenvalue weighted by Crippen LogP contribution is -2.26. The van der Waals surface area contributed by atoms with Crippen LogP contribution in [0.2, 0.25) is 19.6 Å². The van der Waals surface area contributed by atoms with Crippen LogP contribution in [0.5, 0.6) is 0 Å². The molecule has 0 aliphatic heterocycles. The Balaban J connectivity index is 4.22. The molecule has 0 N–H and O–H groups in total. The average Bonchev–Trinajstić information content (AvgIpc) is 1.95. The summed E-state index contributed by atoms with van der Waals surface area (Å²) in [5.74, 6) is 0.612. The third-order valence-corrected chi connectivity index (χ3v) is 1.91. The van der Waals surface area contributed by atoms with Crippen LogP contribution in [0.3, 0.4) is 0 Å². The van der Waals surface area contributed by atoms with Crippen molar-refractivity contribution in [1.82, 2.24) is 0 Å². The maximum absolute atomic E-state index is 5.72. The van der Waals surface area contributed by atoms with Crippen molar-refractivity contribution < 1.29 is 13.9 Å². The molecule has 0 amide bonds. The minimum Gasteiger partial charge on any atom is -0.520 e. The Morgan fingerprint density at radius 2 is 1.69 bits per heavy atom. The summed E-state index contributed by atoms with van der Waals surface area (Å²) in [6, 6.07) is 0. The highest BCUT2D eigenvalue weighted by Gasteiger charge is 2.19. The van der Waals surface area contributed by atoms with E-state index in [-0.39, 0.29) is 6.79 Å². The van der Waals surface area contributed by atoms with Crippen molar-refractivity contribution in [3.05, 3.63) is 11.5 Å². The van der Waals surface area contributed by atoms with Crippen LogP contribution in [0.15, 0.2) is 11.5 Å². The number of ether oxygens (including phenoxy) is 2. The molecule has 3 nitrogen and oxygen atoms in total. The Bertz CT molecular complexity index is 178. The summed E-state index contributed by atoms with van der Waals surface area (Å²) in [4.78, 5) is 0. The third kappa shape index (κ3) is 6.66. The van der Waals surface area contributed by atoms with Crippen molar-refractivity contribution in [2.24, 2.45) is 0 Å². The Hall–Kier alpha value is -0.483. The molecule has 0 saturated carbocycles. The summed E-state index contributed by atoms with van der Waals surface area (Å²) in [6.07, 6.45) is 0. The Morgan fingerprint density at radius 1 is 1.15 bits per heavy atom. The normalized spacial score (nSPS) is 10.9. The zero-order valence-corrected chi connectivity index (χ0v) is 10.4. The molecule has 4 heteroatoms. The molecule has 0 radical (unpaired) electrons. The standard InChI is InChI=1S/C9H20O3Si/c1-8(2)9(11-7-10-3)12-13(4,5)6/h7H2,1-6H3. The zero-order chi connectivity index (χ0) is 10.5. The number of hydrogen-bond donors (Lipinski definition) is 0. The van der Waals surface area contributed by atoms with Crippen LogP contribution in [0.1, 0.15) is 13.8 Å². The molecule has 0 aromatic rings. The lowest BCUT2D eigenvalue weighted by Gasteiger charge is -2.22. The predicted octanol–water partition coefficient (Wildman–Crippen LogP) is 2.71. The summed E-state index contributed by atoms with van der Waals surface area (Å²) in [5, 5.41) is 0. The molecule has 0 rings (SSSR count). The van der Waals surface area contributed by atoms with Gasteiger partial charge in [0, 0.05) is 12.7 Å². The molecule has 0 heterocycles. The second kappa shape index (κ2) is 5.29. The van der Waals surface area contributed by atoms with Gasteiger partial charge in [0.15, 0.2) is 6.79 Å². The number of methoxy groups -OCH3 is 1. The Morgan fingerprint density at radius 3 is 2.00 bits per heavy atom. The highest BCUT2D eigenvalue weighted by molar-refractivity contribution is 6.70. The van der Waals surface area contributed by atoms with Crippen LogP contribution in [0.4, 0.5) is 0 Å². The van der Waals surface area contributed by atoms with E-state index in [2.05, 4.69) is 19.6 Å². The summed E-state index contributed by atoms with van der Waals surface area (Å²) in [5.41, 5.74) is 1.04. The fraction of sp³-hybridized carbons (Fsp3) is 0.778. The van der Waals surface area contributed by atoms with Crippen molar-refractivity contribution in [3.8, 4) is 0 Å². The SMILES string of the molecule is COCOC(O[Si](C)(C)C)=C(C)C. The van der Waals surface area contributed by atoms with Gasteiger partial charge in [0.05, 0.1) is 0 Å². The molecule has 0 bridgehead atoms. The molecule has 0 aromatic carbocycles. The molecular formula is C9H20O3Si. The maximum atomic E-state index is 5.72. The van der Waals surface area contributed by atoms with E-state index in [0.717, 1.165) is 5.57 Å². The summed E-state index contributed by atoms with van der Waals surface area (Å²) in [7, 11) is 0.0229. The topological polar surface area (TPSA) is 27.7 Å². The molecule has 0 spiro atoms. The van der Waals surface area contributed by atoms with Crippen molar-refractivity contribution >= 4 is 8.32 Å².